The number of ether oxygens (including phenoxy) is 5. The van der Waals surface area contributed by atoms with Gasteiger partial charge in [0.2, 0.25) is 12.6 Å². The normalized spacial score (nSPS) is 32.0. The summed E-state index contributed by atoms with van der Waals surface area (Å²) in [6.07, 6.45) is -12.5. The molecule has 9 atom stereocenters. The standard InChI is InChI=1S/C27H30O14/c1-10-21(31)23(33)25(35)27(38-10)41-20-8-17-12(6-19(20)36-2)14(29)7-16(39-17)11-3-4-13(28)18(5-11)40-26-24(34)22(32)15(30)9-37-26/h3-8,10,15,21-28,30-35H,9H2,1-2H3/t10?,15-,21+,22+,23+,24?,25?,26+,27+/m1/s1. The van der Waals surface area contributed by atoms with Gasteiger partial charge in [0.05, 0.1) is 25.2 Å². The van der Waals surface area contributed by atoms with Crippen molar-refractivity contribution >= 4 is 11.0 Å². The van der Waals surface area contributed by atoms with Gasteiger partial charge in [0.25, 0.3) is 0 Å². The molecule has 0 aliphatic carbocycles. The van der Waals surface area contributed by atoms with E-state index >= 15 is 0 Å². The SMILES string of the molecule is COc1cc2c(=O)cc(-c3ccc(O)c(O[C@@H]4OC[C@@H](O)[C@H](O)C4O)c3)oc2cc1O[C@@H]1OC(C)[C@H](O)[C@H](O)C1O. The molecule has 7 N–H and O–H groups in total. The molecule has 0 bridgehead atoms. The average molecular weight is 579 g/mol. The lowest BCUT2D eigenvalue weighted by Crippen LogP contribution is -2.58. The second kappa shape index (κ2) is 11.4. The molecule has 2 saturated heterocycles. The maximum Gasteiger partial charge on any atom is 0.229 e. The molecule has 14 nitrogen and oxygen atoms in total. The van der Waals surface area contributed by atoms with Gasteiger partial charge in [-0.25, -0.2) is 0 Å². The summed E-state index contributed by atoms with van der Waals surface area (Å²) in [5.74, 6) is -0.305. The van der Waals surface area contributed by atoms with Gasteiger partial charge in [0, 0.05) is 17.7 Å². The fourth-order valence-corrected chi connectivity index (χ4v) is 4.56. The number of aliphatic hydroxyl groups is 6. The van der Waals surface area contributed by atoms with Crippen LogP contribution in [-0.4, -0.2) is 105 Å². The van der Waals surface area contributed by atoms with E-state index in [1.54, 1.807) is 0 Å². The second-order valence-corrected chi connectivity index (χ2v) is 9.82. The molecule has 0 amide bonds. The van der Waals surface area contributed by atoms with Crippen molar-refractivity contribution in [2.45, 2.75) is 62.2 Å². The molecule has 0 spiro atoms. The number of phenols is 1. The number of methoxy groups -OCH3 is 1. The van der Waals surface area contributed by atoms with Crippen molar-refractivity contribution < 1.29 is 63.8 Å². The van der Waals surface area contributed by atoms with E-state index in [1.165, 1.54) is 50.4 Å². The molecule has 14 heteroatoms. The van der Waals surface area contributed by atoms with E-state index in [9.17, 15) is 40.5 Å². The average Bonchev–Trinajstić information content (AvgIpc) is 2.95. The summed E-state index contributed by atoms with van der Waals surface area (Å²) in [7, 11) is 1.34. The van der Waals surface area contributed by atoms with Gasteiger partial charge in [-0.1, -0.05) is 0 Å². The minimum atomic E-state index is -1.60. The summed E-state index contributed by atoms with van der Waals surface area (Å²) in [4.78, 5) is 13.0. The molecule has 1 aromatic heterocycles. The Bertz CT molecular complexity index is 1460. The smallest absolute Gasteiger partial charge is 0.229 e. The first-order valence-corrected chi connectivity index (χ1v) is 12.7. The Morgan fingerprint density at radius 1 is 0.805 bits per heavy atom. The summed E-state index contributed by atoms with van der Waals surface area (Å²) in [5, 5.41) is 70.6. The molecular weight excluding hydrogens is 548 g/mol. The molecule has 2 aromatic carbocycles. The van der Waals surface area contributed by atoms with Crippen LogP contribution >= 0.6 is 0 Å². The summed E-state index contributed by atoms with van der Waals surface area (Å²) in [5.41, 5.74) is -0.107. The molecule has 41 heavy (non-hydrogen) atoms. The van der Waals surface area contributed by atoms with Crippen LogP contribution in [-0.2, 0) is 9.47 Å². The van der Waals surface area contributed by atoms with Gasteiger partial charge < -0.3 is 63.8 Å². The molecule has 5 rings (SSSR count). The largest absolute Gasteiger partial charge is 0.504 e. The first kappa shape index (κ1) is 29.0. The summed E-state index contributed by atoms with van der Waals surface area (Å²) < 4.78 is 33.3. The van der Waals surface area contributed by atoms with Crippen LogP contribution in [0.3, 0.4) is 0 Å². The minimum Gasteiger partial charge on any atom is -0.504 e. The first-order valence-electron chi connectivity index (χ1n) is 12.7. The zero-order chi connectivity index (χ0) is 29.6. The van der Waals surface area contributed by atoms with Gasteiger partial charge in [0.1, 0.15) is 48.0 Å². The maximum absolute atomic E-state index is 13.0. The fraction of sp³-hybridized carbons (Fsp3) is 0.444. The Hall–Kier alpha value is -3.47. The number of benzene rings is 2. The Morgan fingerprint density at radius 2 is 1.51 bits per heavy atom. The van der Waals surface area contributed by atoms with Crippen LogP contribution in [0.15, 0.2) is 45.6 Å². The number of aromatic hydroxyl groups is 1. The Labute approximate surface area is 232 Å². The molecule has 3 heterocycles. The van der Waals surface area contributed by atoms with E-state index in [0.29, 0.717) is 0 Å². The zero-order valence-corrected chi connectivity index (χ0v) is 21.9. The molecule has 222 valence electrons. The fourth-order valence-electron chi connectivity index (χ4n) is 4.56. The van der Waals surface area contributed by atoms with Crippen LogP contribution in [0.4, 0.5) is 0 Å². The topological polar surface area (TPSA) is 218 Å². The molecular formula is C27H30O14. The van der Waals surface area contributed by atoms with E-state index in [2.05, 4.69) is 0 Å². The van der Waals surface area contributed by atoms with Crippen molar-refractivity contribution in [3.63, 3.8) is 0 Å². The van der Waals surface area contributed by atoms with Gasteiger partial charge in [-0.15, -0.1) is 0 Å². The quantitative estimate of drug-likeness (QED) is 0.191. The molecule has 2 aliphatic rings. The molecule has 3 aromatic rings. The van der Waals surface area contributed by atoms with E-state index in [4.69, 9.17) is 28.1 Å². The number of rotatable bonds is 6. The predicted molar refractivity (Wildman–Crippen MR) is 138 cm³/mol. The molecule has 0 radical (unpaired) electrons. The van der Waals surface area contributed by atoms with Crippen LogP contribution in [0.5, 0.6) is 23.0 Å². The summed E-state index contributed by atoms with van der Waals surface area (Å²) in [6.45, 7) is 1.19. The van der Waals surface area contributed by atoms with Crippen molar-refractivity contribution in [2.24, 2.45) is 0 Å². The highest BCUT2D eigenvalue weighted by Gasteiger charge is 2.43. The Kier molecular flexibility index (Phi) is 8.09. The monoisotopic (exact) mass is 578 g/mol. The number of hydrogen-bond acceptors (Lipinski definition) is 14. The summed E-state index contributed by atoms with van der Waals surface area (Å²) in [6, 6.07) is 7.96. The van der Waals surface area contributed by atoms with Crippen molar-refractivity contribution in [3.8, 4) is 34.3 Å². The van der Waals surface area contributed by atoms with E-state index < -0.39 is 60.7 Å². The van der Waals surface area contributed by atoms with Crippen LogP contribution < -0.4 is 19.6 Å². The van der Waals surface area contributed by atoms with Crippen LogP contribution in [0.1, 0.15) is 6.92 Å². The van der Waals surface area contributed by atoms with Crippen molar-refractivity contribution in [1.82, 2.24) is 0 Å². The highest BCUT2D eigenvalue weighted by molar-refractivity contribution is 5.82. The lowest BCUT2D eigenvalue weighted by molar-refractivity contribution is -0.268. The van der Waals surface area contributed by atoms with Crippen molar-refractivity contribution in [2.75, 3.05) is 13.7 Å². The van der Waals surface area contributed by atoms with Gasteiger partial charge in [-0.3, -0.25) is 4.79 Å². The highest BCUT2D eigenvalue weighted by atomic mass is 16.7. The van der Waals surface area contributed by atoms with E-state index in [-0.39, 0.29) is 51.9 Å². The van der Waals surface area contributed by atoms with Crippen LogP contribution in [0, 0.1) is 0 Å². The molecule has 2 fully saturated rings. The number of aliphatic hydroxyl groups excluding tert-OH is 6. The summed E-state index contributed by atoms with van der Waals surface area (Å²) >= 11 is 0. The van der Waals surface area contributed by atoms with Gasteiger partial charge in [-0.05, 0) is 31.2 Å². The van der Waals surface area contributed by atoms with Gasteiger partial charge in [0.15, 0.2) is 28.4 Å². The molecule has 3 unspecified atom stereocenters. The van der Waals surface area contributed by atoms with Gasteiger partial charge in [-0.2, -0.15) is 0 Å². The lowest BCUT2D eigenvalue weighted by Gasteiger charge is -2.39. The van der Waals surface area contributed by atoms with Crippen molar-refractivity contribution in [3.05, 3.63) is 46.6 Å². The third kappa shape index (κ3) is 5.56. The van der Waals surface area contributed by atoms with Crippen LogP contribution in [0.2, 0.25) is 0 Å². The first-order chi connectivity index (χ1) is 19.5. The van der Waals surface area contributed by atoms with E-state index in [1.807, 2.05) is 0 Å². The van der Waals surface area contributed by atoms with Gasteiger partial charge >= 0.3 is 0 Å². The third-order valence-electron chi connectivity index (χ3n) is 7.01. The predicted octanol–water partition coefficient (Wildman–Crippen LogP) is -0.802. The number of phenolic OH excluding ortho intramolecular Hbond substituents is 1. The third-order valence-corrected chi connectivity index (χ3v) is 7.01. The number of fused-ring (bicyclic) bond motifs is 1. The number of hydrogen-bond donors (Lipinski definition) is 7. The van der Waals surface area contributed by atoms with Crippen LogP contribution in [0.25, 0.3) is 22.3 Å². The lowest BCUT2D eigenvalue weighted by atomic mass is 10.00. The Balaban J connectivity index is 1.47. The van der Waals surface area contributed by atoms with E-state index in [0.717, 1.165) is 0 Å². The van der Waals surface area contributed by atoms with Crippen molar-refractivity contribution in [1.29, 1.82) is 0 Å². The second-order valence-electron chi connectivity index (χ2n) is 9.82. The minimum absolute atomic E-state index is 0.0130. The zero-order valence-electron chi connectivity index (χ0n) is 21.9. The highest BCUT2D eigenvalue weighted by Crippen LogP contribution is 2.37. The maximum atomic E-state index is 13.0. The molecule has 0 saturated carbocycles. The Morgan fingerprint density at radius 3 is 2.24 bits per heavy atom. The molecule has 2 aliphatic heterocycles.